The molecule has 1 atom stereocenters. The Kier molecular flexibility index (Phi) is 7.02. The van der Waals surface area contributed by atoms with Crippen molar-refractivity contribution in [3.05, 3.63) is 59.1 Å². The minimum atomic E-state index is -0.810. The Morgan fingerprint density at radius 2 is 1.69 bits per heavy atom. The van der Waals surface area contributed by atoms with Crippen LogP contribution in [-0.2, 0) is 16.1 Å². The second-order valence-electron chi connectivity index (χ2n) is 7.93. The molecule has 170 valence electrons. The van der Waals surface area contributed by atoms with Crippen LogP contribution in [0.4, 0.5) is 0 Å². The van der Waals surface area contributed by atoms with E-state index in [2.05, 4.69) is 4.98 Å². The van der Waals surface area contributed by atoms with Crippen molar-refractivity contribution >= 4 is 11.7 Å². The molecule has 1 aromatic carbocycles. The Bertz CT molecular complexity index is 1010. The lowest BCUT2D eigenvalue weighted by Gasteiger charge is -2.28. The summed E-state index contributed by atoms with van der Waals surface area (Å²) in [6, 6.07) is 6.14. The molecular weight excluding hydrogens is 412 g/mol. The molecule has 8 heteroatoms. The van der Waals surface area contributed by atoms with Crippen LogP contribution >= 0.6 is 0 Å². The van der Waals surface area contributed by atoms with Crippen molar-refractivity contribution in [2.24, 2.45) is 5.92 Å². The van der Waals surface area contributed by atoms with Crippen LogP contribution in [0.1, 0.15) is 37.4 Å². The van der Waals surface area contributed by atoms with Gasteiger partial charge in [-0.25, -0.2) is 0 Å². The van der Waals surface area contributed by atoms with Crippen molar-refractivity contribution in [1.82, 2.24) is 9.88 Å². The third kappa shape index (κ3) is 4.39. The van der Waals surface area contributed by atoms with E-state index in [1.54, 1.807) is 36.7 Å². The number of aliphatic hydroxyl groups is 1. The Balaban J connectivity index is 2.17. The molecule has 2 aromatic rings. The number of Topliss-reactive ketones (excluding diaryl/α,β-unsaturated/α-hetero) is 1. The van der Waals surface area contributed by atoms with Gasteiger partial charge in [0.05, 0.1) is 32.9 Å². The van der Waals surface area contributed by atoms with Gasteiger partial charge in [0.15, 0.2) is 23.0 Å². The second-order valence-corrected chi connectivity index (χ2v) is 7.93. The number of pyridine rings is 1. The highest BCUT2D eigenvalue weighted by Crippen LogP contribution is 2.45. The Hall–Kier alpha value is -3.55. The number of amides is 1. The average molecular weight is 440 g/mol. The highest BCUT2D eigenvalue weighted by molar-refractivity contribution is 6.09. The number of ether oxygens (including phenoxy) is 3. The zero-order chi connectivity index (χ0) is 23.4. The molecule has 2 heterocycles. The summed E-state index contributed by atoms with van der Waals surface area (Å²) in [5, 5.41) is 10.7. The molecule has 0 radical (unpaired) electrons. The summed E-state index contributed by atoms with van der Waals surface area (Å²) in [5.41, 5.74) is 1.46. The zero-order valence-corrected chi connectivity index (χ0v) is 18.9. The molecule has 0 bridgehead atoms. The highest BCUT2D eigenvalue weighted by Gasteiger charge is 2.44. The first-order valence-electron chi connectivity index (χ1n) is 10.3. The predicted octanol–water partition coefficient (Wildman–Crippen LogP) is 3.62. The number of hydrogen-bond acceptors (Lipinski definition) is 7. The molecule has 0 fully saturated rings. The van der Waals surface area contributed by atoms with Gasteiger partial charge in [-0.05, 0) is 41.3 Å². The van der Waals surface area contributed by atoms with Crippen LogP contribution in [0.5, 0.6) is 17.2 Å². The fourth-order valence-electron chi connectivity index (χ4n) is 3.87. The van der Waals surface area contributed by atoms with Gasteiger partial charge in [0.1, 0.15) is 0 Å². The minimum Gasteiger partial charge on any atom is -0.503 e. The largest absolute Gasteiger partial charge is 0.503 e. The number of ketones is 1. The molecule has 1 amide bonds. The molecule has 3 rings (SSSR count). The first-order chi connectivity index (χ1) is 15.3. The number of carbonyl (C=O) groups excluding carboxylic acids is 2. The molecule has 1 aromatic heterocycles. The molecule has 0 spiro atoms. The van der Waals surface area contributed by atoms with E-state index in [-0.39, 0.29) is 30.2 Å². The van der Waals surface area contributed by atoms with Crippen LogP contribution in [0, 0.1) is 5.92 Å². The maximum atomic E-state index is 13.1. The number of carbonyl (C=O) groups is 2. The number of aromatic nitrogens is 1. The molecule has 1 aliphatic rings. The average Bonchev–Trinajstić information content (AvgIpc) is 3.03. The zero-order valence-electron chi connectivity index (χ0n) is 18.9. The quantitative estimate of drug-likeness (QED) is 0.636. The number of benzene rings is 1. The number of aliphatic hydroxyl groups excluding tert-OH is 1. The number of rotatable bonds is 9. The van der Waals surface area contributed by atoms with Crippen LogP contribution in [0.25, 0.3) is 0 Å². The maximum absolute atomic E-state index is 13.1. The van der Waals surface area contributed by atoms with Gasteiger partial charge in [-0.15, -0.1) is 0 Å². The van der Waals surface area contributed by atoms with Crippen molar-refractivity contribution in [3.8, 4) is 17.2 Å². The Morgan fingerprint density at radius 3 is 2.19 bits per heavy atom. The van der Waals surface area contributed by atoms with Crippen molar-refractivity contribution in [1.29, 1.82) is 0 Å². The maximum Gasteiger partial charge on any atom is 0.290 e. The lowest BCUT2D eigenvalue weighted by molar-refractivity contribution is -0.130. The van der Waals surface area contributed by atoms with Crippen LogP contribution in [0.3, 0.4) is 0 Å². The normalized spacial score (nSPS) is 16.0. The van der Waals surface area contributed by atoms with E-state index < -0.39 is 17.7 Å². The predicted molar refractivity (Wildman–Crippen MR) is 118 cm³/mol. The van der Waals surface area contributed by atoms with E-state index in [4.69, 9.17) is 14.2 Å². The SMILES string of the molecule is COc1cc(C2C(C(=O)CC(C)C)=C(O)C(=O)N2Cc2ccncc2)cc(OC)c1OC. The summed E-state index contributed by atoms with van der Waals surface area (Å²) in [7, 11) is 4.49. The summed E-state index contributed by atoms with van der Waals surface area (Å²) in [6.07, 6.45) is 3.46. The van der Waals surface area contributed by atoms with Gasteiger partial charge in [0.2, 0.25) is 5.75 Å². The van der Waals surface area contributed by atoms with Gasteiger partial charge in [-0.1, -0.05) is 13.8 Å². The lowest BCUT2D eigenvalue weighted by atomic mass is 9.91. The molecule has 0 saturated carbocycles. The monoisotopic (exact) mass is 440 g/mol. The minimum absolute atomic E-state index is 0.0627. The van der Waals surface area contributed by atoms with E-state index in [9.17, 15) is 14.7 Å². The van der Waals surface area contributed by atoms with Crippen molar-refractivity contribution in [2.75, 3.05) is 21.3 Å². The van der Waals surface area contributed by atoms with E-state index in [0.29, 0.717) is 22.8 Å². The van der Waals surface area contributed by atoms with Crippen molar-refractivity contribution < 1.29 is 28.9 Å². The van der Waals surface area contributed by atoms with E-state index in [1.807, 2.05) is 13.8 Å². The molecule has 1 N–H and O–H groups in total. The second kappa shape index (κ2) is 9.72. The van der Waals surface area contributed by atoms with E-state index in [0.717, 1.165) is 5.56 Å². The van der Waals surface area contributed by atoms with Gasteiger partial charge < -0.3 is 24.2 Å². The summed E-state index contributed by atoms with van der Waals surface area (Å²) in [6.45, 7) is 4.01. The molecule has 1 unspecified atom stereocenters. The van der Waals surface area contributed by atoms with Crippen LogP contribution in [0.2, 0.25) is 0 Å². The molecule has 8 nitrogen and oxygen atoms in total. The number of nitrogens with zero attached hydrogens (tertiary/aromatic N) is 2. The summed E-state index contributed by atoms with van der Waals surface area (Å²) >= 11 is 0. The first kappa shape index (κ1) is 23.1. The third-order valence-electron chi connectivity index (χ3n) is 5.30. The number of hydrogen-bond donors (Lipinski definition) is 1. The standard InChI is InChI=1S/C24H28N2O6/c1-14(2)10-17(27)20-21(16-11-18(30-3)23(32-5)19(12-16)31-4)26(24(29)22(20)28)13-15-6-8-25-9-7-15/h6-9,11-12,14,21,28H,10,13H2,1-5H3. The molecule has 0 aliphatic carbocycles. The highest BCUT2D eigenvalue weighted by atomic mass is 16.5. The Morgan fingerprint density at radius 1 is 1.09 bits per heavy atom. The van der Waals surface area contributed by atoms with Crippen LogP contribution < -0.4 is 14.2 Å². The molecular formula is C24H28N2O6. The number of methoxy groups -OCH3 is 3. The lowest BCUT2D eigenvalue weighted by Crippen LogP contribution is -2.31. The molecule has 32 heavy (non-hydrogen) atoms. The molecule has 1 aliphatic heterocycles. The topological polar surface area (TPSA) is 98.2 Å². The van der Waals surface area contributed by atoms with Crippen LogP contribution in [-0.4, -0.2) is 48.0 Å². The Labute approximate surface area is 187 Å². The van der Waals surface area contributed by atoms with E-state index in [1.165, 1.54) is 26.2 Å². The summed E-state index contributed by atoms with van der Waals surface area (Å²) in [5.74, 6) is -0.168. The fourth-order valence-corrected chi connectivity index (χ4v) is 3.87. The molecule has 0 saturated heterocycles. The van der Waals surface area contributed by atoms with E-state index >= 15 is 0 Å². The summed E-state index contributed by atoms with van der Waals surface area (Å²) < 4.78 is 16.3. The smallest absolute Gasteiger partial charge is 0.290 e. The van der Waals surface area contributed by atoms with Gasteiger partial charge in [0.25, 0.3) is 5.91 Å². The third-order valence-corrected chi connectivity index (χ3v) is 5.30. The fraction of sp³-hybridized carbons (Fsp3) is 0.375. The van der Waals surface area contributed by atoms with Gasteiger partial charge in [0, 0.05) is 25.4 Å². The van der Waals surface area contributed by atoms with Crippen molar-refractivity contribution in [3.63, 3.8) is 0 Å². The van der Waals surface area contributed by atoms with Gasteiger partial charge in [-0.3, -0.25) is 14.6 Å². The summed E-state index contributed by atoms with van der Waals surface area (Å²) in [4.78, 5) is 31.7. The van der Waals surface area contributed by atoms with Gasteiger partial charge >= 0.3 is 0 Å². The first-order valence-corrected chi connectivity index (χ1v) is 10.3. The van der Waals surface area contributed by atoms with Crippen molar-refractivity contribution in [2.45, 2.75) is 32.9 Å². The van der Waals surface area contributed by atoms with Gasteiger partial charge in [-0.2, -0.15) is 0 Å². The van der Waals surface area contributed by atoms with Crippen LogP contribution in [0.15, 0.2) is 48.0 Å².